The molecule has 0 bridgehead atoms. The summed E-state index contributed by atoms with van der Waals surface area (Å²) in [6.07, 6.45) is 0.134. The number of aromatic carboxylic acids is 1. The number of anilines is 1. The van der Waals surface area contributed by atoms with Crippen molar-refractivity contribution < 1.29 is 14.7 Å². The number of hydrogen-bond acceptors (Lipinski definition) is 6. The number of piperazine rings is 1. The minimum atomic E-state index is -1.02. The van der Waals surface area contributed by atoms with Gasteiger partial charge < -0.3 is 15.3 Å². The van der Waals surface area contributed by atoms with Gasteiger partial charge in [-0.15, -0.1) is 11.3 Å². The van der Waals surface area contributed by atoms with Crippen LogP contribution in [0.4, 0.5) is 5.69 Å². The van der Waals surface area contributed by atoms with Gasteiger partial charge in [-0.3, -0.25) is 9.69 Å². The molecule has 0 radical (unpaired) electrons. The van der Waals surface area contributed by atoms with Crippen LogP contribution in [-0.2, 0) is 17.8 Å². The van der Waals surface area contributed by atoms with Crippen molar-refractivity contribution in [2.75, 3.05) is 38.5 Å². The van der Waals surface area contributed by atoms with E-state index in [1.165, 1.54) is 29.0 Å². The summed E-state index contributed by atoms with van der Waals surface area (Å²) in [5.74, 6) is -1.25. The maximum absolute atomic E-state index is 12.5. The second-order valence-electron chi connectivity index (χ2n) is 8.48. The first-order valence-corrected chi connectivity index (χ1v) is 11.8. The van der Waals surface area contributed by atoms with Gasteiger partial charge in [0.25, 0.3) is 0 Å². The maximum atomic E-state index is 12.5. The molecule has 2 aromatic carbocycles. The molecule has 1 fully saturated rings. The molecule has 0 atom stereocenters. The van der Waals surface area contributed by atoms with Gasteiger partial charge in [-0.05, 0) is 37.2 Å². The molecule has 1 aromatic heterocycles. The monoisotopic (exact) mass is 464 g/mol. The topological polar surface area (TPSA) is 85.8 Å². The highest BCUT2D eigenvalue weighted by atomic mass is 32.1. The summed E-state index contributed by atoms with van der Waals surface area (Å²) in [6, 6.07) is 13.2. The highest BCUT2D eigenvalue weighted by molar-refractivity contribution is 7.13. The van der Waals surface area contributed by atoms with Gasteiger partial charge >= 0.3 is 5.97 Å². The fourth-order valence-corrected chi connectivity index (χ4v) is 4.61. The Hall–Kier alpha value is -3.07. The number of carboxylic acids is 1. The lowest BCUT2D eigenvalue weighted by Crippen LogP contribution is -2.43. The molecule has 8 heteroatoms. The molecule has 2 N–H and O–H groups in total. The predicted molar refractivity (Wildman–Crippen MR) is 131 cm³/mol. The number of nitrogens with zero attached hydrogens (tertiary/aromatic N) is 3. The zero-order valence-electron chi connectivity index (χ0n) is 18.9. The van der Waals surface area contributed by atoms with Crippen molar-refractivity contribution in [3.8, 4) is 10.6 Å². The Morgan fingerprint density at radius 1 is 1.09 bits per heavy atom. The average Bonchev–Trinajstić information content (AvgIpc) is 3.25. The summed E-state index contributed by atoms with van der Waals surface area (Å²) in [5.41, 5.74) is 4.48. The first kappa shape index (κ1) is 23.1. The molecule has 4 rings (SSSR count). The van der Waals surface area contributed by atoms with Gasteiger partial charge in [0.05, 0.1) is 17.7 Å². The van der Waals surface area contributed by atoms with Gasteiger partial charge in [0.15, 0.2) is 0 Å². The van der Waals surface area contributed by atoms with Gasteiger partial charge in [0, 0.05) is 49.4 Å². The van der Waals surface area contributed by atoms with E-state index in [9.17, 15) is 9.59 Å². The minimum Gasteiger partial charge on any atom is -0.478 e. The van der Waals surface area contributed by atoms with Crippen LogP contribution in [0.1, 0.15) is 27.2 Å². The summed E-state index contributed by atoms with van der Waals surface area (Å²) in [7, 11) is 2.16. The Morgan fingerprint density at radius 3 is 2.52 bits per heavy atom. The second-order valence-corrected chi connectivity index (χ2v) is 9.34. The number of aryl methyl sites for hydroxylation is 1. The van der Waals surface area contributed by atoms with E-state index in [0.29, 0.717) is 11.4 Å². The summed E-state index contributed by atoms with van der Waals surface area (Å²) in [4.78, 5) is 33.2. The van der Waals surface area contributed by atoms with Crippen molar-refractivity contribution in [1.82, 2.24) is 14.8 Å². The van der Waals surface area contributed by atoms with Crippen molar-refractivity contribution in [3.05, 3.63) is 70.2 Å². The number of benzene rings is 2. The molecule has 0 saturated carbocycles. The lowest BCUT2D eigenvalue weighted by molar-refractivity contribution is -0.115. The Labute approximate surface area is 197 Å². The van der Waals surface area contributed by atoms with Crippen molar-refractivity contribution in [1.29, 1.82) is 0 Å². The average molecular weight is 465 g/mol. The molecule has 7 nitrogen and oxygen atoms in total. The van der Waals surface area contributed by atoms with Crippen LogP contribution in [0.2, 0.25) is 0 Å². The molecule has 3 aromatic rings. The van der Waals surface area contributed by atoms with E-state index in [2.05, 4.69) is 51.4 Å². The lowest BCUT2D eigenvalue weighted by Gasteiger charge is -2.32. The first-order valence-electron chi connectivity index (χ1n) is 11.0. The van der Waals surface area contributed by atoms with Gasteiger partial charge in [-0.1, -0.05) is 30.3 Å². The van der Waals surface area contributed by atoms with E-state index >= 15 is 0 Å². The molecule has 33 heavy (non-hydrogen) atoms. The summed E-state index contributed by atoms with van der Waals surface area (Å²) >= 11 is 1.52. The number of amides is 1. The highest BCUT2D eigenvalue weighted by Gasteiger charge is 2.15. The first-order chi connectivity index (χ1) is 15.9. The number of rotatable bonds is 7. The van der Waals surface area contributed by atoms with E-state index in [1.54, 1.807) is 6.07 Å². The Kier molecular flexibility index (Phi) is 7.17. The van der Waals surface area contributed by atoms with Crippen LogP contribution in [0.5, 0.6) is 0 Å². The van der Waals surface area contributed by atoms with Crippen LogP contribution in [0.3, 0.4) is 0 Å². The second kappa shape index (κ2) is 10.2. The molecular formula is C25H28N4O3S. The molecule has 1 saturated heterocycles. The van der Waals surface area contributed by atoms with Crippen LogP contribution in [0.15, 0.2) is 47.8 Å². The largest absolute Gasteiger partial charge is 0.478 e. The minimum absolute atomic E-state index is 0.134. The standard InChI is InChI=1S/C25H28N4O3S/c1-17-3-6-20(25(31)32)13-22(17)27-23(30)14-21-16-33-24(26-21)19-7-4-18(5-8-19)15-29-11-9-28(2)10-12-29/h3-8,13,16H,9-12,14-15H2,1-2H3,(H,27,30)(H,31,32). The SMILES string of the molecule is Cc1ccc(C(=O)O)cc1NC(=O)Cc1csc(-c2ccc(CN3CCN(C)CC3)cc2)n1. The number of carbonyl (C=O) groups is 2. The Morgan fingerprint density at radius 2 is 1.82 bits per heavy atom. The number of likely N-dealkylation sites (N-methyl/N-ethyl adjacent to an activating group) is 1. The fourth-order valence-electron chi connectivity index (χ4n) is 3.79. The molecule has 0 spiro atoms. The highest BCUT2D eigenvalue weighted by Crippen LogP contribution is 2.25. The van der Waals surface area contributed by atoms with Crippen molar-refractivity contribution in [2.45, 2.75) is 19.9 Å². The predicted octanol–water partition coefficient (Wildman–Crippen LogP) is 3.75. The molecule has 0 unspecified atom stereocenters. The molecule has 0 aliphatic carbocycles. The smallest absolute Gasteiger partial charge is 0.335 e. The zero-order chi connectivity index (χ0) is 23.4. The molecule has 1 aliphatic rings. The van der Waals surface area contributed by atoms with E-state index in [1.807, 2.05) is 12.3 Å². The number of aromatic nitrogens is 1. The number of carboxylic acid groups (broad SMARTS) is 1. The van der Waals surface area contributed by atoms with Crippen molar-refractivity contribution in [3.63, 3.8) is 0 Å². The van der Waals surface area contributed by atoms with Gasteiger partial charge in [-0.2, -0.15) is 0 Å². The molecule has 1 amide bonds. The quantitative estimate of drug-likeness (QED) is 0.554. The van der Waals surface area contributed by atoms with Gasteiger partial charge in [0.1, 0.15) is 5.01 Å². The molecule has 1 aliphatic heterocycles. The van der Waals surface area contributed by atoms with Crippen LogP contribution in [-0.4, -0.2) is 65.0 Å². The van der Waals surface area contributed by atoms with Crippen LogP contribution in [0.25, 0.3) is 10.6 Å². The van der Waals surface area contributed by atoms with Crippen molar-refractivity contribution in [2.24, 2.45) is 0 Å². The van der Waals surface area contributed by atoms with Gasteiger partial charge in [-0.25, -0.2) is 9.78 Å². The molecule has 172 valence electrons. The Balaban J connectivity index is 1.35. The molecule has 2 heterocycles. The van der Waals surface area contributed by atoms with Crippen LogP contribution in [0, 0.1) is 6.92 Å². The van der Waals surface area contributed by atoms with Crippen molar-refractivity contribution >= 4 is 28.9 Å². The van der Waals surface area contributed by atoms with E-state index in [4.69, 9.17) is 5.11 Å². The summed E-state index contributed by atoms with van der Waals surface area (Å²) in [5, 5.41) is 14.7. The van der Waals surface area contributed by atoms with Crippen LogP contribution < -0.4 is 5.32 Å². The van der Waals surface area contributed by atoms with E-state index < -0.39 is 5.97 Å². The van der Waals surface area contributed by atoms with E-state index in [-0.39, 0.29) is 17.9 Å². The number of carbonyl (C=O) groups excluding carboxylic acids is 1. The number of nitrogens with one attached hydrogen (secondary N) is 1. The molecular weight excluding hydrogens is 436 g/mol. The lowest BCUT2D eigenvalue weighted by atomic mass is 10.1. The third-order valence-electron chi connectivity index (χ3n) is 5.85. The third kappa shape index (κ3) is 6.04. The number of thiazole rings is 1. The zero-order valence-corrected chi connectivity index (χ0v) is 19.7. The fraction of sp³-hybridized carbons (Fsp3) is 0.320. The number of hydrogen-bond donors (Lipinski definition) is 2. The third-order valence-corrected chi connectivity index (χ3v) is 6.80. The maximum Gasteiger partial charge on any atom is 0.335 e. The van der Waals surface area contributed by atoms with E-state index in [0.717, 1.165) is 48.9 Å². The van der Waals surface area contributed by atoms with Gasteiger partial charge in [0.2, 0.25) is 5.91 Å². The van der Waals surface area contributed by atoms with Crippen LogP contribution >= 0.6 is 11.3 Å². The Bertz CT molecular complexity index is 1130. The summed E-state index contributed by atoms with van der Waals surface area (Å²) < 4.78 is 0. The normalized spacial score (nSPS) is 14.8. The summed E-state index contributed by atoms with van der Waals surface area (Å²) in [6.45, 7) is 7.19.